The van der Waals surface area contributed by atoms with E-state index in [4.69, 9.17) is 0 Å². The molecule has 6 nitrogen and oxygen atoms in total. The zero-order valence-electron chi connectivity index (χ0n) is 14.1. The normalized spacial score (nSPS) is 15.4. The van der Waals surface area contributed by atoms with Crippen molar-refractivity contribution in [3.8, 4) is 0 Å². The number of hydrogen-bond donors (Lipinski definition) is 0. The molecular formula is C17H21FN4O2S. The van der Waals surface area contributed by atoms with E-state index in [-0.39, 0.29) is 16.6 Å². The molecule has 0 N–H and O–H groups in total. The van der Waals surface area contributed by atoms with Gasteiger partial charge in [-0.25, -0.2) is 12.8 Å². The maximum atomic E-state index is 13.0. The minimum Gasteiger partial charge on any atom is -0.368 e. The Morgan fingerprint density at radius 1 is 0.960 bits per heavy atom. The van der Waals surface area contributed by atoms with Crippen LogP contribution in [0.5, 0.6) is 0 Å². The summed E-state index contributed by atoms with van der Waals surface area (Å²) in [6.45, 7) is 4.87. The Morgan fingerprint density at radius 2 is 1.60 bits per heavy atom. The highest BCUT2D eigenvalue weighted by Crippen LogP contribution is 2.20. The summed E-state index contributed by atoms with van der Waals surface area (Å²) in [6.07, 6.45) is 0.553. The van der Waals surface area contributed by atoms with Crippen LogP contribution in [0.1, 0.15) is 13.3 Å². The van der Waals surface area contributed by atoms with Gasteiger partial charge in [-0.2, -0.15) is 0 Å². The molecule has 1 aromatic heterocycles. The molecule has 25 heavy (non-hydrogen) atoms. The van der Waals surface area contributed by atoms with Gasteiger partial charge in [0.25, 0.3) is 0 Å². The van der Waals surface area contributed by atoms with Gasteiger partial charge in [0.1, 0.15) is 5.82 Å². The number of sulfone groups is 1. The third-order valence-corrected chi connectivity index (χ3v) is 6.01. The van der Waals surface area contributed by atoms with Crippen LogP contribution in [0.2, 0.25) is 0 Å². The Kier molecular flexibility index (Phi) is 5.17. The molecule has 1 fully saturated rings. The van der Waals surface area contributed by atoms with Crippen LogP contribution in [0.25, 0.3) is 0 Å². The highest BCUT2D eigenvalue weighted by molar-refractivity contribution is 7.91. The summed E-state index contributed by atoms with van der Waals surface area (Å²) in [6, 6.07) is 9.71. The monoisotopic (exact) mass is 364 g/mol. The molecular weight excluding hydrogens is 343 g/mol. The lowest BCUT2D eigenvalue weighted by Gasteiger charge is -2.36. The summed E-state index contributed by atoms with van der Waals surface area (Å²) < 4.78 is 37.0. The Hall–Kier alpha value is -2.22. The van der Waals surface area contributed by atoms with Crippen molar-refractivity contribution < 1.29 is 12.8 Å². The van der Waals surface area contributed by atoms with Crippen LogP contribution < -0.4 is 9.80 Å². The molecule has 8 heteroatoms. The number of aromatic nitrogens is 2. The van der Waals surface area contributed by atoms with Crippen molar-refractivity contribution >= 4 is 21.3 Å². The van der Waals surface area contributed by atoms with Gasteiger partial charge in [-0.05, 0) is 42.8 Å². The average Bonchev–Trinajstić information content (AvgIpc) is 2.63. The average molecular weight is 364 g/mol. The Balaban J connectivity index is 1.64. The van der Waals surface area contributed by atoms with Crippen LogP contribution in [0.4, 0.5) is 15.9 Å². The van der Waals surface area contributed by atoms with E-state index in [0.717, 1.165) is 31.9 Å². The van der Waals surface area contributed by atoms with Crippen LogP contribution in [0.15, 0.2) is 41.4 Å². The molecule has 0 saturated carbocycles. The van der Waals surface area contributed by atoms with Crippen LogP contribution in [0.3, 0.4) is 0 Å². The lowest BCUT2D eigenvalue weighted by molar-refractivity contribution is 0.587. The number of halogens is 1. The molecule has 1 aromatic carbocycles. The van der Waals surface area contributed by atoms with Gasteiger partial charge in [0.05, 0.1) is 5.75 Å². The van der Waals surface area contributed by atoms with Gasteiger partial charge in [-0.1, -0.05) is 6.92 Å². The van der Waals surface area contributed by atoms with Crippen molar-refractivity contribution in [3.63, 3.8) is 0 Å². The standard InChI is InChI=1S/C17H21FN4O2S/c1-2-13-25(23,24)17-8-7-16(19-20-17)22-11-9-21(10-12-22)15-5-3-14(18)4-6-15/h3-8H,2,9-13H2,1H3. The van der Waals surface area contributed by atoms with E-state index in [9.17, 15) is 12.8 Å². The summed E-state index contributed by atoms with van der Waals surface area (Å²) >= 11 is 0. The number of piperazine rings is 1. The second-order valence-corrected chi connectivity index (χ2v) is 8.06. The number of hydrogen-bond acceptors (Lipinski definition) is 6. The highest BCUT2D eigenvalue weighted by Gasteiger charge is 2.20. The van der Waals surface area contributed by atoms with Crippen molar-refractivity contribution in [3.05, 3.63) is 42.2 Å². The van der Waals surface area contributed by atoms with Crippen molar-refractivity contribution in [2.24, 2.45) is 0 Å². The minimum atomic E-state index is -3.34. The van der Waals surface area contributed by atoms with Crippen LogP contribution in [0, 0.1) is 5.82 Å². The molecule has 134 valence electrons. The van der Waals surface area contributed by atoms with Gasteiger partial charge in [-0.3, -0.25) is 0 Å². The van der Waals surface area contributed by atoms with Gasteiger partial charge in [0.15, 0.2) is 20.7 Å². The summed E-state index contributed by atoms with van der Waals surface area (Å²) in [4.78, 5) is 4.26. The van der Waals surface area contributed by atoms with E-state index in [1.165, 1.54) is 18.2 Å². The summed E-state index contributed by atoms with van der Waals surface area (Å²) in [5.74, 6) is 0.516. The molecule has 2 aromatic rings. The molecule has 1 aliphatic rings. The predicted octanol–water partition coefficient (Wildman–Crippen LogP) is 2.13. The molecule has 0 radical (unpaired) electrons. The van der Waals surface area contributed by atoms with Gasteiger partial charge in [0, 0.05) is 31.9 Å². The van der Waals surface area contributed by atoms with Crippen molar-refractivity contribution in [1.29, 1.82) is 0 Å². The summed E-state index contributed by atoms with van der Waals surface area (Å²) in [5, 5.41) is 8.02. The molecule has 0 amide bonds. The van der Waals surface area contributed by atoms with Gasteiger partial charge >= 0.3 is 0 Å². The van der Waals surface area contributed by atoms with Crippen LogP contribution >= 0.6 is 0 Å². The van der Waals surface area contributed by atoms with E-state index in [1.807, 2.05) is 6.92 Å². The van der Waals surface area contributed by atoms with Gasteiger partial charge in [0.2, 0.25) is 0 Å². The second-order valence-electron chi connectivity index (χ2n) is 6.00. The van der Waals surface area contributed by atoms with E-state index >= 15 is 0 Å². The smallest absolute Gasteiger partial charge is 0.197 e. The molecule has 2 heterocycles. The third kappa shape index (κ3) is 4.07. The first-order valence-corrected chi connectivity index (χ1v) is 9.97. The van der Waals surface area contributed by atoms with Gasteiger partial charge in [-0.15, -0.1) is 10.2 Å². The van der Waals surface area contributed by atoms with Crippen molar-refractivity contribution in [2.75, 3.05) is 41.7 Å². The molecule has 3 rings (SSSR count). The van der Waals surface area contributed by atoms with Gasteiger partial charge < -0.3 is 9.80 Å². The molecule has 1 saturated heterocycles. The SMILES string of the molecule is CCCS(=O)(=O)c1ccc(N2CCN(c3ccc(F)cc3)CC2)nn1. The zero-order valence-corrected chi connectivity index (χ0v) is 14.9. The van der Waals surface area contributed by atoms with Crippen LogP contribution in [-0.2, 0) is 9.84 Å². The van der Waals surface area contributed by atoms with E-state index < -0.39 is 9.84 Å². The van der Waals surface area contributed by atoms with E-state index in [1.54, 1.807) is 18.2 Å². The highest BCUT2D eigenvalue weighted by atomic mass is 32.2. The topological polar surface area (TPSA) is 66.4 Å². The van der Waals surface area contributed by atoms with Crippen molar-refractivity contribution in [2.45, 2.75) is 18.4 Å². The molecule has 0 bridgehead atoms. The van der Waals surface area contributed by atoms with E-state index in [0.29, 0.717) is 12.2 Å². The second kappa shape index (κ2) is 7.35. The predicted molar refractivity (Wildman–Crippen MR) is 95.2 cm³/mol. The number of anilines is 2. The third-order valence-electron chi connectivity index (χ3n) is 4.21. The molecule has 0 atom stereocenters. The molecule has 0 aliphatic carbocycles. The number of nitrogens with zero attached hydrogens (tertiary/aromatic N) is 4. The Morgan fingerprint density at radius 3 is 2.16 bits per heavy atom. The zero-order chi connectivity index (χ0) is 17.9. The fourth-order valence-electron chi connectivity index (χ4n) is 2.87. The first-order valence-electron chi connectivity index (χ1n) is 8.31. The fraction of sp³-hybridized carbons (Fsp3) is 0.412. The summed E-state index contributed by atoms with van der Waals surface area (Å²) in [5.41, 5.74) is 0.994. The van der Waals surface area contributed by atoms with Crippen LogP contribution in [-0.4, -0.2) is 50.5 Å². The first kappa shape index (κ1) is 17.6. The van der Waals surface area contributed by atoms with E-state index in [2.05, 4.69) is 20.0 Å². The Labute approximate surface area is 147 Å². The first-order chi connectivity index (χ1) is 12.0. The number of benzene rings is 1. The molecule has 0 unspecified atom stereocenters. The minimum absolute atomic E-state index is 0.0306. The molecule has 0 spiro atoms. The largest absolute Gasteiger partial charge is 0.368 e. The fourth-order valence-corrected chi connectivity index (χ4v) is 4.05. The quantitative estimate of drug-likeness (QED) is 0.810. The van der Waals surface area contributed by atoms with Crippen molar-refractivity contribution in [1.82, 2.24) is 10.2 Å². The molecule has 1 aliphatic heterocycles. The number of rotatable bonds is 5. The lowest BCUT2D eigenvalue weighted by atomic mass is 10.2. The maximum Gasteiger partial charge on any atom is 0.197 e. The summed E-state index contributed by atoms with van der Waals surface area (Å²) in [7, 11) is -3.34. The maximum absolute atomic E-state index is 13.0. The lowest BCUT2D eigenvalue weighted by Crippen LogP contribution is -2.46. The Bertz CT molecular complexity index is 802.